The second kappa shape index (κ2) is 5.38. The fraction of sp³-hybridized carbons (Fsp3) is 0.769. The monoisotopic (exact) mass is 257 g/mol. The zero-order chi connectivity index (χ0) is 14.0. The van der Waals surface area contributed by atoms with Gasteiger partial charge in [0.1, 0.15) is 6.61 Å². The Labute approximate surface area is 108 Å². The zero-order valence-electron chi connectivity index (χ0n) is 11.8. The fourth-order valence-electron chi connectivity index (χ4n) is 2.15. The van der Waals surface area contributed by atoms with Crippen molar-refractivity contribution >= 4 is 5.97 Å². The molecule has 1 heterocycles. The van der Waals surface area contributed by atoms with Crippen LogP contribution >= 0.6 is 0 Å². The summed E-state index contributed by atoms with van der Waals surface area (Å²) in [5, 5.41) is 11.2. The number of hydrogen-bond donors (Lipinski definition) is 1. The van der Waals surface area contributed by atoms with Crippen LogP contribution in [0, 0.1) is 0 Å². The number of carbonyl (C=O) groups is 1. The minimum atomic E-state index is -0.744. The Morgan fingerprint density at radius 1 is 1.33 bits per heavy atom. The van der Waals surface area contributed by atoms with E-state index in [1.54, 1.807) is 19.9 Å². The Kier molecular flexibility index (Phi) is 4.53. The summed E-state index contributed by atoms with van der Waals surface area (Å²) in [5.74, 6) is -0.399. The smallest absolute Gasteiger partial charge is 0.335 e. The maximum absolute atomic E-state index is 12.0. The second-order valence-corrected chi connectivity index (χ2v) is 5.42. The molecule has 1 aliphatic rings. The van der Waals surface area contributed by atoms with Crippen molar-refractivity contribution in [3.8, 4) is 0 Å². The molecular weight excluding hydrogens is 234 g/mol. The molecule has 0 amide bonds. The molecule has 18 heavy (non-hydrogen) atoms. The van der Waals surface area contributed by atoms with E-state index in [4.69, 9.17) is 9.47 Å². The summed E-state index contributed by atoms with van der Waals surface area (Å²) in [5.41, 5.74) is -0.837. The van der Waals surface area contributed by atoms with E-state index in [0.29, 0.717) is 18.8 Å². The lowest BCUT2D eigenvalue weighted by molar-refractivity contribution is -0.187. The van der Waals surface area contributed by atoms with Crippen LogP contribution in [0.2, 0.25) is 0 Å². The fourth-order valence-corrected chi connectivity index (χ4v) is 2.15. The van der Waals surface area contributed by atoms with Crippen molar-refractivity contribution in [1.82, 2.24) is 5.06 Å². The molecule has 0 spiro atoms. The predicted octanol–water partition coefficient (Wildman–Crippen LogP) is 1.75. The van der Waals surface area contributed by atoms with E-state index in [1.807, 2.05) is 20.8 Å². The molecule has 0 aliphatic carbocycles. The van der Waals surface area contributed by atoms with Gasteiger partial charge in [0.25, 0.3) is 0 Å². The number of hydrogen-bond acceptors (Lipinski definition) is 5. The van der Waals surface area contributed by atoms with Crippen LogP contribution in [0.15, 0.2) is 11.6 Å². The molecule has 1 N–H and O–H groups in total. The van der Waals surface area contributed by atoms with E-state index in [-0.39, 0.29) is 6.61 Å². The lowest BCUT2D eigenvalue weighted by Crippen LogP contribution is -2.48. The summed E-state index contributed by atoms with van der Waals surface area (Å²) in [6.45, 7) is 10.4. The van der Waals surface area contributed by atoms with Crippen molar-refractivity contribution < 1.29 is 19.5 Å². The van der Waals surface area contributed by atoms with E-state index in [2.05, 4.69) is 0 Å². The van der Waals surface area contributed by atoms with Gasteiger partial charge in [-0.25, -0.2) is 4.79 Å². The van der Waals surface area contributed by atoms with Crippen molar-refractivity contribution in [2.75, 3.05) is 19.8 Å². The summed E-state index contributed by atoms with van der Waals surface area (Å²) in [4.78, 5) is 12.0. The van der Waals surface area contributed by atoms with Gasteiger partial charge in [-0.15, -0.1) is 0 Å². The van der Waals surface area contributed by atoms with Crippen molar-refractivity contribution in [2.45, 2.75) is 45.7 Å². The highest BCUT2D eigenvalue weighted by Crippen LogP contribution is 2.38. The van der Waals surface area contributed by atoms with Gasteiger partial charge in [0, 0.05) is 6.61 Å². The van der Waals surface area contributed by atoms with E-state index in [1.165, 1.54) is 5.06 Å². The van der Waals surface area contributed by atoms with Gasteiger partial charge in [-0.05, 0) is 34.6 Å². The van der Waals surface area contributed by atoms with Gasteiger partial charge < -0.3 is 14.7 Å². The molecular formula is C13H23NO4. The molecule has 0 aromatic heterocycles. The number of rotatable bonds is 5. The molecule has 1 aliphatic heterocycles. The molecule has 0 unspecified atom stereocenters. The summed E-state index contributed by atoms with van der Waals surface area (Å²) >= 11 is 0. The van der Waals surface area contributed by atoms with Gasteiger partial charge in [-0.1, -0.05) is 6.08 Å². The van der Waals surface area contributed by atoms with Crippen LogP contribution in [0.4, 0.5) is 0 Å². The third-order valence-corrected chi connectivity index (χ3v) is 3.12. The number of hydroxylamine groups is 2. The maximum atomic E-state index is 12.0. The van der Waals surface area contributed by atoms with Crippen LogP contribution in [-0.4, -0.2) is 47.1 Å². The standard InChI is InChI=1S/C13H23NO4/c1-6-17-7-8-18-11(15)10-9-12(2,3)14(16)13(10,4)5/h9,16H,6-8H2,1-5H3. The Bertz CT molecular complexity index is 347. The number of esters is 1. The minimum absolute atomic E-state index is 0.228. The average molecular weight is 257 g/mol. The number of nitrogens with zero attached hydrogens (tertiary/aromatic N) is 1. The van der Waals surface area contributed by atoms with Gasteiger partial charge in [0.2, 0.25) is 0 Å². The second-order valence-electron chi connectivity index (χ2n) is 5.42. The first-order valence-electron chi connectivity index (χ1n) is 6.21. The van der Waals surface area contributed by atoms with Crippen LogP contribution in [0.25, 0.3) is 0 Å². The SMILES string of the molecule is CCOCCOC(=O)C1=CC(C)(C)N(O)C1(C)C. The molecule has 0 aromatic carbocycles. The maximum Gasteiger partial charge on any atom is 0.335 e. The van der Waals surface area contributed by atoms with E-state index < -0.39 is 17.0 Å². The molecule has 0 radical (unpaired) electrons. The van der Waals surface area contributed by atoms with Crippen LogP contribution in [0.5, 0.6) is 0 Å². The lowest BCUT2D eigenvalue weighted by Gasteiger charge is -2.35. The Balaban J connectivity index is 2.68. The minimum Gasteiger partial charge on any atom is -0.460 e. The van der Waals surface area contributed by atoms with Crippen LogP contribution in [0.1, 0.15) is 34.6 Å². The topological polar surface area (TPSA) is 59.0 Å². The van der Waals surface area contributed by atoms with Crippen molar-refractivity contribution in [3.63, 3.8) is 0 Å². The molecule has 0 fully saturated rings. The third-order valence-electron chi connectivity index (χ3n) is 3.12. The average Bonchev–Trinajstić information content (AvgIpc) is 2.45. The first kappa shape index (κ1) is 15.1. The third kappa shape index (κ3) is 2.91. The van der Waals surface area contributed by atoms with Gasteiger partial charge in [0.05, 0.1) is 23.3 Å². The highest BCUT2D eigenvalue weighted by molar-refractivity contribution is 5.92. The first-order chi connectivity index (χ1) is 8.23. The molecule has 5 heteroatoms. The van der Waals surface area contributed by atoms with Gasteiger partial charge in [0.15, 0.2) is 0 Å². The van der Waals surface area contributed by atoms with E-state index >= 15 is 0 Å². The molecule has 0 atom stereocenters. The van der Waals surface area contributed by atoms with Crippen molar-refractivity contribution in [1.29, 1.82) is 0 Å². The first-order valence-corrected chi connectivity index (χ1v) is 6.21. The quantitative estimate of drug-likeness (QED) is 0.600. The lowest BCUT2D eigenvalue weighted by atomic mass is 9.97. The molecule has 0 aromatic rings. The largest absolute Gasteiger partial charge is 0.460 e. The molecule has 0 bridgehead atoms. The van der Waals surface area contributed by atoms with Crippen LogP contribution in [-0.2, 0) is 14.3 Å². The number of ether oxygens (including phenoxy) is 2. The van der Waals surface area contributed by atoms with E-state index in [0.717, 1.165) is 0 Å². The van der Waals surface area contributed by atoms with Gasteiger partial charge >= 0.3 is 5.97 Å². The molecule has 0 saturated carbocycles. The Hall–Kier alpha value is -0.910. The summed E-state index contributed by atoms with van der Waals surface area (Å²) in [6.07, 6.45) is 1.75. The normalized spacial score (nSPS) is 21.8. The van der Waals surface area contributed by atoms with Crippen molar-refractivity contribution in [2.24, 2.45) is 0 Å². The number of carbonyl (C=O) groups excluding carboxylic acids is 1. The molecule has 0 saturated heterocycles. The van der Waals surface area contributed by atoms with Crippen LogP contribution in [0.3, 0.4) is 0 Å². The van der Waals surface area contributed by atoms with Crippen LogP contribution < -0.4 is 0 Å². The van der Waals surface area contributed by atoms with E-state index in [9.17, 15) is 10.0 Å². The molecule has 104 valence electrons. The highest BCUT2D eigenvalue weighted by atomic mass is 16.6. The summed E-state index contributed by atoms with van der Waals surface area (Å²) < 4.78 is 10.2. The molecule has 1 rings (SSSR count). The van der Waals surface area contributed by atoms with Crippen molar-refractivity contribution in [3.05, 3.63) is 11.6 Å². The molecule has 5 nitrogen and oxygen atoms in total. The zero-order valence-corrected chi connectivity index (χ0v) is 11.8. The Morgan fingerprint density at radius 3 is 2.39 bits per heavy atom. The summed E-state index contributed by atoms with van der Waals surface area (Å²) in [6, 6.07) is 0. The highest BCUT2D eigenvalue weighted by Gasteiger charge is 2.48. The van der Waals surface area contributed by atoms with Gasteiger partial charge in [-0.2, -0.15) is 5.06 Å². The van der Waals surface area contributed by atoms with Gasteiger partial charge in [-0.3, -0.25) is 0 Å². The Morgan fingerprint density at radius 2 is 1.94 bits per heavy atom. The predicted molar refractivity (Wildman–Crippen MR) is 67.3 cm³/mol. The summed E-state index contributed by atoms with van der Waals surface area (Å²) in [7, 11) is 0.